The Morgan fingerprint density at radius 1 is 1.21 bits per heavy atom. The molecule has 1 fully saturated rings. The van der Waals surface area contributed by atoms with Gasteiger partial charge in [-0.15, -0.1) is 0 Å². The van der Waals surface area contributed by atoms with E-state index in [9.17, 15) is 14.9 Å². The van der Waals surface area contributed by atoms with Crippen molar-refractivity contribution in [3.63, 3.8) is 0 Å². The van der Waals surface area contributed by atoms with Crippen LogP contribution in [0.3, 0.4) is 0 Å². The molecular formula is C23H18BrN3O5S. The average molecular weight is 528 g/mol. The minimum Gasteiger partial charge on any atom is -0.497 e. The van der Waals surface area contributed by atoms with Crippen LogP contribution in [0.1, 0.15) is 12.7 Å². The smallest absolute Gasteiger partial charge is 0.270 e. The average Bonchev–Trinajstić information content (AvgIpc) is 3.38. The lowest BCUT2D eigenvalue weighted by Crippen LogP contribution is -2.28. The summed E-state index contributed by atoms with van der Waals surface area (Å²) in [6.07, 6.45) is 1.68. The van der Waals surface area contributed by atoms with Gasteiger partial charge >= 0.3 is 0 Å². The van der Waals surface area contributed by atoms with Crippen LogP contribution in [0, 0.1) is 10.1 Å². The van der Waals surface area contributed by atoms with Crippen LogP contribution in [0.2, 0.25) is 0 Å². The topological polar surface area (TPSA) is 98.2 Å². The number of aliphatic imine (C=N–C) groups is 1. The molecule has 0 radical (unpaired) electrons. The van der Waals surface area contributed by atoms with Gasteiger partial charge in [0.1, 0.15) is 17.3 Å². The summed E-state index contributed by atoms with van der Waals surface area (Å²) in [5, 5.41) is 11.5. The number of amides is 1. The van der Waals surface area contributed by atoms with E-state index in [1.807, 2.05) is 31.2 Å². The van der Waals surface area contributed by atoms with Gasteiger partial charge in [0.05, 0.1) is 22.6 Å². The summed E-state index contributed by atoms with van der Waals surface area (Å²) >= 11 is 4.63. The van der Waals surface area contributed by atoms with Crippen molar-refractivity contribution in [3.05, 3.63) is 79.8 Å². The first kappa shape index (κ1) is 22.8. The summed E-state index contributed by atoms with van der Waals surface area (Å²) in [4.78, 5) is 30.1. The van der Waals surface area contributed by atoms with Crippen molar-refractivity contribution in [2.75, 3.05) is 13.7 Å². The third-order valence-corrected chi connectivity index (χ3v) is 6.49. The third-order valence-electron chi connectivity index (χ3n) is 4.83. The minimum atomic E-state index is -0.458. The van der Waals surface area contributed by atoms with Crippen LogP contribution in [0.25, 0.3) is 17.4 Å². The first-order valence-corrected chi connectivity index (χ1v) is 11.5. The van der Waals surface area contributed by atoms with Crippen LogP contribution in [0.5, 0.6) is 5.75 Å². The van der Waals surface area contributed by atoms with Crippen molar-refractivity contribution in [2.24, 2.45) is 4.99 Å². The number of hydrogen-bond donors (Lipinski definition) is 0. The monoisotopic (exact) mass is 527 g/mol. The Hall–Kier alpha value is -3.37. The van der Waals surface area contributed by atoms with Gasteiger partial charge in [-0.2, -0.15) is 0 Å². The molecular weight excluding hydrogens is 510 g/mol. The summed E-state index contributed by atoms with van der Waals surface area (Å²) in [5.74, 6) is 1.60. The third kappa shape index (κ3) is 4.86. The molecule has 2 aromatic carbocycles. The van der Waals surface area contributed by atoms with Gasteiger partial charge < -0.3 is 9.15 Å². The number of benzene rings is 2. The zero-order valence-corrected chi connectivity index (χ0v) is 20.1. The van der Waals surface area contributed by atoms with Gasteiger partial charge in [0.2, 0.25) is 0 Å². The molecule has 0 bridgehead atoms. The molecule has 0 spiro atoms. The summed E-state index contributed by atoms with van der Waals surface area (Å²) in [6.45, 7) is 2.37. The number of nitro groups is 1. The van der Waals surface area contributed by atoms with Gasteiger partial charge in [-0.1, -0.05) is 0 Å². The van der Waals surface area contributed by atoms with Crippen LogP contribution < -0.4 is 4.74 Å². The molecule has 33 heavy (non-hydrogen) atoms. The Kier molecular flexibility index (Phi) is 6.66. The maximum Gasteiger partial charge on any atom is 0.270 e. The fourth-order valence-electron chi connectivity index (χ4n) is 3.16. The Labute approximate surface area is 202 Å². The van der Waals surface area contributed by atoms with Gasteiger partial charge in [-0.25, -0.2) is 4.99 Å². The molecule has 0 aliphatic carbocycles. The van der Waals surface area contributed by atoms with E-state index < -0.39 is 4.92 Å². The molecule has 8 nitrogen and oxygen atoms in total. The zero-order valence-electron chi connectivity index (χ0n) is 17.6. The number of amidine groups is 1. The standard InChI is InChI=1S/C23H18BrN3O5S/c1-3-26-22(28)21(33-23(26)25-14-4-7-16(31-2)8-5-14)13-17-9-11-20(32-17)18-10-6-15(27(29)30)12-19(18)24/h4-13H,3H2,1-2H3/b21-13-,25-23?. The molecule has 168 valence electrons. The Morgan fingerprint density at radius 3 is 2.61 bits per heavy atom. The predicted molar refractivity (Wildman–Crippen MR) is 132 cm³/mol. The highest BCUT2D eigenvalue weighted by Gasteiger charge is 2.32. The highest BCUT2D eigenvalue weighted by molar-refractivity contribution is 9.10. The molecule has 1 amide bonds. The van der Waals surface area contributed by atoms with Gasteiger partial charge in [0, 0.05) is 34.8 Å². The zero-order chi connectivity index (χ0) is 23.5. The normalized spacial score (nSPS) is 16.1. The molecule has 0 saturated carbocycles. The molecule has 1 aromatic heterocycles. The van der Waals surface area contributed by atoms with Crippen molar-refractivity contribution in [3.8, 4) is 17.1 Å². The lowest BCUT2D eigenvalue weighted by molar-refractivity contribution is -0.384. The number of hydrogen-bond acceptors (Lipinski definition) is 7. The predicted octanol–water partition coefficient (Wildman–Crippen LogP) is 6.25. The quantitative estimate of drug-likeness (QED) is 0.213. The summed E-state index contributed by atoms with van der Waals surface area (Å²) in [6, 6.07) is 15.2. The lowest BCUT2D eigenvalue weighted by atomic mass is 10.1. The molecule has 3 aromatic rings. The summed E-state index contributed by atoms with van der Waals surface area (Å²) < 4.78 is 11.6. The maximum atomic E-state index is 12.9. The van der Waals surface area contributed by atoms with Crippen molar-refractivity contribution in [1.29, 1.82) is 0 Å². The second-order valence-electron chi connectivity index (χ2n) is 6.88. The molecule has 0 N–H and O–H groups in total. The number of thioether (sulfide) groups is 1. The number of carbonyl (C=O) groups excluding carboxylic acids is 1. The fourth-order valence-corrected chi connectivity index (χ4v) is 4.76. The van der Waals surface area contributed by atoms with Crippen LogP contribution in [0.15, 0.2) is 73.4 Å². The van der Waals surface area contributed by atoms with Crippen LogP contribution in [-0.2, 0) is 4.79 Å². The molecule has 10 heteroatoms. The molecule has 4 rings (SSSR count). The van der Waals surface area contributed by atoms with E-state index in [1.165, 1.54) is 23.9 Å². The van der Waals surface area contributed by atoms with Gasteiger partial charge in [-0.05, 0) is 77.1 Å². The SMILES string of the molecule is CCN1C(=O)/C(=C/c2ccc(-c3ccc([N+](=O)[O-])cc3Br)o2)SC1=Nc1ccc(OC)cc1. The number of furan rings is 1. The second kappa shape index (κ2) is 9.63. The number of likely N-dealkylation sites (N-methyl/N-ethyl adjacent to an activating group) is 1. The van der Waals surface area contributed by atoms with E-state index >= 15 is 0 Å². The summed E-state index contributed by atoms with van der Waals surface area (Å²) in [7, 11) is 1.60. The number of halogens is 1. The highest BCUT2D eigenvalue weighted by Crippen LogP contribution is 2.36. The van der Waals surface area contributed by atoms with E-state index in [1.54, 1.807) is 36.3 Å². The van der Waals surface area contributed by atoms with Crippen molar-refractivity contribution in [2.45, 2.75) is 6.92 Å². The van der Waals surface area contributed by atoms with E-state index in [-0.39, 0.29) is 11.6 Å². The van der Waals surface area contributed by atoms with Crippen LogP contribution in [0.4, 0.5) is 11.4 Å². The fraction of sp³-hybridized carbons (Fsp3) is 0.130. The van der Waals surface area contributed by atoms with Crippen LogP contribution in [-0.4, -0.2) is 34.6 Å². The lowest BCUT2D eigenvalue weighted by Gasteiger charge is -2.12. The Balaban J connectivity index is 1.59. The van der Waals surface area contributed by atoms with Crippen LogP contribution >= 0.6 is 27.7 Å². The second-order valence-corrected chi connectivity index (χ2v) is 8.74. The number of nitrogens with zero attached hydrogens (tertiary/aromatic N) is 3. The van der Waals surface area contributed by atoms with Gasteiger partial charge in [0.25, 0.3) is 11.6 Å². The Morgan fingerprint density at radius 2 is 1.97 bits per heavy atom. The van der Waals surface area contributed by atoms with Crippen molar-refractivity contribution >= 4 is 56.2 Å². The number of rotatable bonds is 6. The number of carbonyl (C=O) groups is 1. The first-order chi connectivity index (χ1) is 15.9. The van der Waals surface area contributed by atoms with Crippen molar-refractivity contribution < 1.29 is 18.9 Å². The van der Waals surface area contributed by atoms with E-state index in [0.717, 1.165) is 5.75 Å². The maximum absolute atomic E-state index is 12.9. The first-order valence-electron chi connectivity index (χ1n) is 9.88. The Bertz CT molecular complexity index is 1280. The number of nitro benzene ring substituents is 1. The summed E-state index contributed by atoms with van der Waals surface area (Å²) in [5.41, 5.74) is 1.37. The molecule has 1 saturated heterocycles. The van der Waals surface area contributed by atoms with E-state index in [0.29, 0.717) is 43.9 Å². The molecule has 0 unspecified atom stereocenters. The highest BCUT2D eigenvalue weighted by atomic mass is 79.9. The molecule has 2 heterocycles. The largest absolute Gasteiger partial charge is 0.497 e. The van der Waals surface area contributed by atoms with E-state index in [2.05, 4.69) is 20.9 Å². The number of ether oxygens (including phenoxy) is 1. The molecule has 0 atom stereocenters. The molecule has 1 aliphatic rings. The van der Waals surface area contributed by atoms with Crippen molar-refractivity contribution in [1.82, 2.24) is 4.90 Å². The molecule has 1 aliphatic heterocycles. The van der Waals surface area contributed by atoms with E-state index in [4.69, 9.17) is 9.15 Å². The number of methoxy groups -OCH3 is 1. The van der Waals surface area contributed by atoms with Gasteiger partial charge in [0.15, 0.2) is 5.17 Å². The number of non-ortho nitro benzene ring substituents is 1. The minimum absolute atomic E-state index is 0.0178. The van der Waals surface area contributed by atoms with Gasteiger partial charge in [-0.3, -0.25) is 19.8 Å².